The van der Waals surface area contributed by atoms with Crippen LogP contribution in [0.25, 0.3) is 0 Å². The first-order valence-corrected chi connectivity index (χ1v) is 9.21. The summed E-state index contributed by atoms with van der Waals surface area (Å²) < 4.78 is 6.60. The van der Waals surface area contributed by atoms with Crippen LogP contribution in [0.4, 0.5) is 5.69 Å². The maximum Gasteiger partial charge on any atom is 0.243 e. The molecule has 0 saturated carbocycles. The summed E-state index contributed by atoms with van der Waals surface area (Å²) in [5, 5.41) is 5.40. The molecule has 0 atom stereocenters. The van der Waals surface area contributed by atoms with Gasteiger partial charge in [0.2, 0.25) is 11.8 Å². The van der Waals surface area contributed by atoms with E-state index < -0.39 is 0 Å². The van der Waals surface area contributed by atoms with Gasteiger partial charge in [-0.1, -0.05) is 28.1 Å². The van der Waals surface area contributed by atoms with Crippen molar-refractivity contribution in [1.29, 1.82) is 0 Å². The molecule has 2 rings (SSSR count). The molecule has 0 aliphatic rings. The molecule has 0 bridgehead atoms. The van der Waals surface area contributed by atoms with Crippen LogP contribution in [0, 0.1) is 6.92 Å². The molecule has 2 aromatic rings. The van der Waals surface area contributed by atoms with Crippen molar-refractivity contribution >= 4 is 33.4 Å². The Kier molecular flexibility index (Phi) is 7.21. The first-order chi connectivity index (χ1) is 12.3. The van der Waals surface area contributed by atoms with Crippen molar-refractivity contribution in [3.8, 4) is 5.75 Å². The largest absolute Gasteiger partial charge is 0.491 e. The van der Waals surface area contributed by atoms with E-state index in [9.17, 15) is 9.59 Å². The normalized spacial score (nSPS) is 10.5. The Balaban J connectivity index is 1.82. The van der Waals surface area contributed by atoms with Crippen LogP contribution in [0.5, 0.6) is 5.75 Å². The summed E-state index contributed by atoms with van der Waals surface area (Å²) in [6.07, 6.45) is 0.269. The van der Waals surface area contributed by atoms with Gasteiger partial charge in [0.05, 0.1) is 19.1 Å². The number of halogens is 1. The number of nitrogens with one attached hydrogen (secondary N) is 2. The van der Waals surface area contributed by atoms with Crippen molar-refractivity contribution in [3.63, 3.8) is 0 Å². The Bertz CT molecular complexity index is 790. The summed E-state index contributed by atoms with van der Waals surface area (Å²) >= 11 is 3.42. The van der Waals surface area contributed by atoms with Gasteiger partial charge in [-0.3, -0.25) is 9.59 Å². The van der Waals surface area contributed by atoms with Crippen LogP contribution in [-0.4, -0.2) is 24.5 Å². The van der Waals surface area contributed by atoms with Crippen molar-refractivity contribution in [2.45, 2.75) is 33.3 Å². The minimum absolute atomic E-state index is 0.0733. The Hall–Kier alpha value is -2.34. The second-order valence-corrected chi connectivity index (χ2v) is 7.13. The van der Waals surface area contributed by atoms with Crippen molar-refractivity contribution in [1.82, 2.24) is 5.32 Å². The van der Waals surface area contributed by atoms with E-state index in [0.717, 1.165) is 21.3 Å². The van der Waals surface area contributed by atoms with Crippen LogP contribution in [0.2, 0.25) is 0 Å². The molecule has 2 N–H and O–H groups in total. The summed E-state index contributed by atoms with van der Waals surface area (Å²) in [6.45, 7) is 5.77. The zero-order valence-corrected chi connectivity index (χ0v) is 16.7. The topological polar surface area (TPSA) is 67.4 Å². The molecule has 6 heteroatoms. The van der Waals surface area contributed by atoms with Gasteiger partial charge in [-0.15, -0.1) is 0 Å². The van der Waals surface area contributed by atoms with Gasteiger partial charge in [-0.2, -0.15) is 0 Å². The molecule has 0 radical (unpaired) electrons. The van der Waals surface area contributed by atoms with E-state index in [-0.39, 0.29) is 30.9 Å². The highest BCUT2D eigenvalue weighted by atomic mass is 79.9. The molecule has 0 fully saturated rings. The monoisotopic (exact) mass is 418 g/mol. The van der Waals surface area contributed by atoms with E-state index in [1.807, 2.05) is 57.2 Å². The first-order valence-electron chi connectivity index (χ1n) is 8.42. The molecule has 0 aliphatic carbocycles. The maximum absolute atomic E-state index is 12.1. The van der Waals surface area contributed by atoms with E-state index in [4.69, 9.17) is 4.74 Å². The van der Waals surface area contributed by atoms with Gasteiger partial charge >= 0.3 is 0 Å². The highest BCUT2D eigenvalue weighted by molar-refractivity contribution is 9.10. The van der Waals surface area contributed by atoms with Gasteiger partial charge in [-0.25, -0.2) is 0 Å². The molecule has 5 nitrogen and oxygen atoms in total. The second kappa shape index (κ2) is 9.38. The van der Waals surface area contributed by atoms with E-state index in [0.29, 0.717) is 5.69 Å². The average Bonchev–Trinajstić information content (AvgIpc) is 2.56. The third-order valence-corrected chi connectivity index (χ3v) is 4.41. The molecular formula is C20H23BrN2O3. The Morgan fingerprint density at radius 1 is 1.12 bits per heavy atom. The molecule has 138 valence electrons. The standard InChI is InChI=1S/C20H23BrN2O3/c1-13(2)26-17-6-4-5-15(10-17)11-19(24)22-12-20(25)23-16-7-8-18(21)14(3)9-16/h4-10,13H,11-12H2,1-3H3,(H,22,24)(H,23,25). The van der Waals surface area contributed by atoms with Crippen LogP contribution in [0.3, 0.4) is 0 Å². The van der Waals surface area contributed by atoms with Crippen LogP contribution in [0.1, 0.15) is 25.0 Å². The molecule has 0 aromatic heterocycles. The SMILES string of the molecule is Cc1cc(NC(=O)CNC(=O)Cc2cccc(OC(C)C)c2)ccc1Br. The average molecular weight is 419 g/mol. The first kappa shape index (κ1) is 20.0. The lowest BCUT2D eigenvalue weighted by Crippen LogP contribution is -2.33. The van der Waals surface area contributed by atoms with Crippen molar-refractivity contribution in [2.75, 3.05) is 11.9 Å². The molecule has 0 heterocycles. The Labute approximate surface area is 162 Å². The van der Waals surface area contributed by atoms with Crippen LogP contribution < -0.4 is 15.4 Å². The maximum atomic E-state index is 12.1. The number of hydrogen-bond donors (Lipinski definition) is 2. The lowest BCUT2D eigenvalue weighted by molar-refractivity contribution is -0.123. The predicted molar refractivity (Wildman–Crippen MR) is 106 cm³/mol. The van der Waals surface area contributed by atoms with Gasteiger partial charge < -0.3 is 15.4 Å². The van der Waals surface area contributed by atoms with Crippen molar-refractivity contribution in [3.05, 3.63) is 58.1 Å². The molecule has 2 amide bonds. The van der Waals surface area contributed by atoms with Crippen molar-refractivity contribution in [2.24, 2.45) is 0 Å². The molecular weight excluding hydrogens is 396 g/mol. The number of hydrogen-bond acceptors (Lipinski definition) is 3. The number of carbonyl (C=O) groups is 2. The number of aryl methyl sites for hydroxylation is 1. The lowest BCUT2D eigenvalue weighted by Gasteiger charge is -2.11. The predicted octanol–water partition coefficient (Wildman–Crippen LogP) is 3.84. The number of ether oxygens (including phenoxy) is 1. The van der Waals surface area contributed by atoms with E-state index in [1.54, 1.807) is 6.07 Å². The quantitative estimate of drug-likeness (QED) is 0.717. The highest BCUT2D eigenvalue weighted by Crippen LogP contribution is 2.20. The number of carbonyl (C=O) groups excluding carboxylic acids is 2. The van der Waals surface area contributed by atoms with Crippen molar-refractivity contribution < 1.29 is 14.3 Å². The zero-order valence-electron chi connectivity index (χ0n) is 15.1. The molecule has 0 spiro atoms. The summed E-state index contributed by atoms with van der Waals surface area (Å²) in [4.78, 5) is 24.0. The minimum atomic E-state index is -0.267. The zero-order chi connectivity index (χ0) is 19.1. The minimum Gasteiger partial charge on any atom is -0.491 e. The summed E-state index contributed by atoms with van der Waals surface area (Å²) in [6, 6.07) is 12.9. The van der Waals surface area contributed by atoms with Crippen LogP contribution in [0.15, 0.2) is 46.9 Å². The third kappa shape index (κ3) is 6.52. The number of amides is 2. The summed E-state index contributed by atoms with van der Waals surface area (Å²) in [5.74, 6) is 0.249. The molecule has 2 aromatic carbocycles. The highest BCUT2D eigenvalue weighted by Gasteiger charge is 2.09. The lowest BCUT2D eigenvalue weighted by atomic mass is 10.1. The van der Waals surface area contributed by atoms with Gasteiger partial charge in [0, 0.05) is 10.2 Å². The summed E-state index contributed by atoms with van der Waals surface area (Å²) in [7, 11) is 0. The van der Waals surface area contributed by atoms with Gasteiger partial charge in [0.15, 0.2) is 0 Å². The van der Waals surface area contributed by atoms with E-state index >= 15 is 0 Å². The summed E-state index contributed by atoms with van der Waals surface area (Å²) in [5.41, 5.74) is 2.56. The molecule has 0 saturated heterocycles. The Morgan fingerprint density at radius 2 is 1.88 bits per heavy atom. The van der Waals surface area contributed by atoms with Crippen LogP contribution >= 0.6 is 15.9 Å². The number of benzene rings is 2. The number of rotatable bonds is 7. The molecule has 0 unspecified atom stereocenters. The second-order valence-electron chi connectivity index (χ2n) is 6.28. The Morgan fingerprint density at radius 3 is 2.58 bits per heavy atom. The molecule has 26 heavy (non-hydrogen) atoms. The smallest absolute Gasteiger partial charge is 0.243 e. The fourth-order valence-electron chi connectivity index (χ4n) is 2.36. The fourth-order valence-corrected chi connectivity index (χ4v) is 2.60. The van der Waals surface area contributed by atoms with Crippen LogP contribution in [-0.2, 0) is 16.0 Å². The third-order valence-electron chi connectivity index (χ3n) is 3.52. The molecule has 0 aliphatic heterocycles. The van der Waals surface area contributed by atoms with E-state index in [1.165, 1.54) is 0 Å². The number of anilines is 1. The van der Waals surface area contributed by atoms with Gasteiger partial charge in [0.25, 0.3) is 0 Å². The van der Waals surface area contributed by atoms with Gasteiger partial charge in [-0.05, 0) is 62.2 Å². The van der Waals surface area contributed by atoms with E-state index in [2.05, 4.69) is 26.6 Å². The van der Waals surface area contributed by atoms with Gasteiger partial charge in [0.1, 0.15) is 5.75 Å². The fraction of sp³-hybridized carbons (Fsp3) is 0.300.